The van der Waals surface area contributed by atoms with E-state index in [2.05, 4.69) is 29.2 Å². The highest BCUT2D eigenvalue weighted by Gasteiger charge is 2.22. The molecule has 120 valence electrons. The van der Waals surface area contributed by atoms with Crippen molar-refractivity contribution in [3.05, 3.63) is 11.5 Å². The molecule has 1 aliphatic carbocycles. The summed E-state index contributed by atoms with van der Waals surface area (Å²) >= 11 is 0. The average Bonchev–Trinajstić information content (AvgIpc) is 2.86. The van der Waals surface area contributed by atoms with Crippen molar-refractivity contribution >= 4 is 16.9 Å². The van der Waals surface area contributed by atoms with Crippen LogP contribution in [0, 0.1) is 6.92 Å². The molecule has 0 unspecified atom stereocenters. The van der Waals surface area contributed by atoms with Gasteiger partial charge in [0.25, 0.3) is 0 Å². The summed E-state index contributed by atoms with van der Waals surface area (Å²) in [6.07, 6.45) is 4.35. The molecule has 0 radical (unpaired) electrons. The summed E-state index contributed by atoms with van der Waals surface area (Å²) in [6.45, 7) is 6.96. The standard InChI is InChI=1S/C16H25N5O/c1-4-13-18-14-10(3)20-21(5-2)15(14)16(19-13)17-11-6-8-12(22)9-7-11/h11-12,22H,4-9H2,1-3H3,(H,17,18,19). The van der Waals surface area contributed by atoms with Gasteiger partial charge in [0.1, 0.15) is 16.9 Å². The van der Waals surface area contributed by atoms with Crippen LogP contribution in [0.4, 0.5) is 5.82 Å². The second-order valence-electron chi connectivity index (χ2n) is 6.09. The molecule has 1 aliphatic rings. The van der Waals surface area contributed by atoms with Crippen LogP contribution in [-0.2, 0) is 13.0 Å². The average molecular weight is 303 g/mol. The highest BCUT2D eigenvalue weighted by molar-refractivity contribution is 5.87. The number of aliphatic hydroxyl groups excluding tert-OH is 1. The molecule has 2 aromatic rings. The van der Waals surface area contributed by atoms with Crippen molar-refractivity contribution in [1.29, 1.82) is 0 Å². The fourth-order valence-corrected chi connectivity index (χ4v) is 3.18. The first kappa shape index (κ1) is 15.2. The molecule has 0 saturated heterocycles. The second kappa shape index (κ2) is 6.20. The van der Waals surface area contributed by atoms with E-state index in [4.69, 9.17) is 4.98 Å². The summed E-state index contributed by atoms with van der Waals surface area (Å²) in [5.41, 5.74) is 2.91. The molecule has 0 amide bonds. The zero-order chi connectivity index (χ0) is 15.7. The van der Waals surface area contributed by atoms with Crippen LogP contribution in [0.5, 0.6) is 0 Å². The third-order valence-corrected chi connectivity index (χ3v) is 4.46. The van der Waals surface area contributed by atoms with E-state index in [1.54, 1.807) is 0 Å². The smallest absolute Gasteiger partial charge is 0.156 e. The van der Waals surface area contributed by atoms with Gasteiger partial charge in [0.2, 0.25) is 0 Å². The van der Waals surface area contributed by atoms with Crippen LogP contribution in [0.2, 0.25) is 0 Å². The van der Waals surface area contributed by atoms with Crippen molar-refractivity contribution in [2.75, 3.05) is 5.32 Å². The van der Waals surface area contributed by atoms with E-state index in [9.17, 15) is 5.11 Å². The van der Waals surface area contributed by atoms with Crippen LogP contribution in [0.3, 0.4) is 0 Å². The summed E-state index contributed by atoms with van der Waals surface area (Å²) < 4.78 is 1.98. The van der Waals surface area contributed by atoms with Gasteiger partial charge in [0.05, 0.1) is 11.8 Å². The Bertz CT molecular complexity index is 658. The predicted molar refractivity (Wildman–Crippen MR) is 87.0 cm³/mol. The minimum atomic E-state index is -0.141. The van der Waals surface area contributed by atoms with Crippen molar-refractivity contribution in [2.45, 2.75) is 71.6 Å². The van der Waals surface area contributed by atoms with Gasteiger partial charge in [-0.3, -0.25) is 4.68 Å². The molecule has 1 fully saturated rings. The maximum Gasteiger partial charge on any atom is 0.156 e. The van der Waals surface area contributed by atoms with Crippen LogP contribution in [0.25, 0.3) is 11.0 Å². The topological polar surface area (TPSA) is 75.9 Å². The lowest BCUT2D eigenvalue weighted by molar-refractivity contribution is 0.126. The summed E-state index contributed by atoms with van der Waals surface area (Å²) in [7, 11) is 0. The third-order valence-electron chi connectivity index (χ3n) is 4.46. The molecule has 2 heterocycles. The summed E-state index contributed by atoms with van der Waals surface area (Å²) in [6, 6.07) is 0.367. The number of anilines is 1. The van der Waals surface area contributed by atoms with Gasteiger partial charge in [-0.25, -0.2) is 9.97 Å². The zero-order valence-electron chi connectivity index (χ0n) is 13.6. The third kappa shape index (κ3) is 2.79. The summed E-state index contributed by atoms with van der Waals surface area (Å²) in [4.78, 5) is 9.36. The van der Waals surface area contributed by atoms with E-state index in [1.807, 2.05) is 11.6 Å². The van der Waals surface area contributed by atoms with Gasteiger partial charge < -0.3 is 10.4 Å². The maximum absolute atomic E-state index is 9.66. The number of aliphatic hydroxyl groups is 1. The number of fused-ring (bicyclic) bond motifs is 1. The monoisotopic (exact) mass is 303 g/mol. The van der Waals surface area contributed by atoms with Crippen molar-refractivity contribution in [1.82, 2.24) is 19.7 Å². The van der Waals surface area contributed by atoms with E-state index >= 15 is 0 Å². The van der Waals surface area contributed by atoms with E-state index in [0.29, 0.717) is 6.04 Å². The summed E-state index contributed by atoms with van der Waals surface area (Å²) in [5, 5.41) is 17.8. The van der Waals surface area contributed by atoms with Crippen LogP contribution in [0.15, 0.2) is 0 Å². The minimum absolute atomic E-state index is 0.141. The fourth-order valence-electron chi connectivity index (χ4n) is 3.18. The van der Waals surface area contributed by atoms with Gasteiger partial charge in [-0.05, 0) is 39.5 Å². The van der Waals surface area contributed by atoms with Crippen molar-refractivity contribution < 1.29 is 5.11 Å². The molecule has 6 nitrogen and oxygen atoms in total. The van der Waals surface area contributed by atoms with Crippen molar-refractivity contribution in [3.8, 4) is 0 Å². The Labute approximate surface area is 131 Å². The molecule has 6 heteroatoms. The maximum atomic E-state index is 9.66. The Morgan fingerprint density at radius 3 is 2.55 bits per heavy atom. The number of aromatic nitrogens is 4. The lowest BCUT2D eigenvalue weighted by atomic mass is 9.93. The van der Waals surface area contributed by atoms with Gasteiger partial charge in [-0.15, -0.1) is 0 Å². The highest BCUT2D eigenvalue weighted by atomic mass is 16.3. The zero-order valence-corrected chi connectivity index (χ0v) is 13.6. The molecule has 0 atom stereocenters. The summed E-state index contributed by atoms with van der Waals surface area (Å²) in [5.74, 6) is 1.75. The molecule has 0 aliphatic heterocycles. The Morgan fingerprint density at radius 1 is 1.18 bits per heavy atom. The molecular weight excluding hydrogens is 278 g/mol. The first-order valence-electron chi connectivity index (χ1n) is 8.31. The lowest BCUT2D eigenvalue weighted by Crippen LogP contribution is -2.29. The van der Waals surface area contributed by atoms with Crippen LogP contribution >= 0.6 is 0 Å². The Morgan fingerprint density at radius 2 is 1.91 bits per heavy atom. The molecule has 0 aromatic carbocycles. The lowest BCUT2D eigenvalue weighted by Gasteiger charge is -2.27. The quantitative estimate of drug-likeness (QED) is 0.907. The van der Waals surface area contributed by atoms with Gasteiger partial charge in [0, 0.05) is 19.0 Å². The van der Waals surface area contributed by atoms with E-state index in [1.165, 1.54) is 0 Å². The largest absolute Gasteiger partial charge is 0.393 e. The van der Waals surface area contributed by atoms with Crippen LogP contribution in [-0.4, -0.2) is 37.0 Å². The van der Waals surface area contributed by atoms with Crippen LogP contribution < -0.4 is 5.32 Å². The van der Waals surface area contributed by atoms with Gasteiger partial charge in [0.15, 0.2) is 5.82 Å². The van der Waals surface area contributed by atoms with Gasteiger partial charge in [-0.1, -0.05) is 6.92 Å². The fraction of sp³-hybridized carbons (Fsp3) is 0.688. The van der Waals surface area contributed by atoms with E-state index < -0.39 is 0 Å². The molecule has 2 N–H and O–H groups in total. The number of nitrogens with one attached hydrogen (secondary N) is 1. The van der Waals surface area contributed by atoms with Gasteiger partial charge >= 0.3 is 0 Å². The van der Waals surface area contributed by atoms with Crippen LogP contribution in [0.1, 0.15) is 51.0 Å². The Balaban J connectivity index is 1.99. The molecule has 1 saturated carbocycles. The van der Waals surface area contributed by atoms with Gasteiger partial charge in [-0.2, -0.15) is 5.10 Å². The number of hydrogen-bond acceptors (Lipinski definition) is 5. The second-order valence-corrected chi connectivity index (χ2v) is 6.09. The van der Waals surface area contributed by atoms with Crippen molar-refractivity contribution in [2.24, 2.45) is 0 Å². The molecular formula is C16H25N5O. The molecule has 0 bridgehead atoms. The molecule has 0 spiro atoms. The first-order chi connectivity index (χ1) is 10.6. The van der Waals surface area contributed by atoms with Crippen molar-refractivity contribution in [3.63, 3.8) is 0 Å². The number of hydrogen-bond donors (Lipinski definition) is 2. The highest BCUT2D eigenvalue weighted by Crippen LogP contribution is 2.27. The van der Waals surface area contributed by atoms with E-state index in [-0.39, 0.29) is 6.10 Å². The number of nitrogens with zero attached hydrogens (tertiary/aromatic N) is 4. The predicted octanol–water partition coefficient (Wildman–Crippen LogP) is 2.43. The SMILES string of the molecule is CCc1nc(NC2CCC(O)CC2)c2c(n1)c(C)nn2CC. The van der Waals surface area contributed by atoms with E-state index in [0.717, 1.165) is 67.0 Å². The molecule has 22 heavy (non-hydrogen) atoms. The first-order valence-corrected chi connectivity index (χ1v) is 8.31. The Hall–Kier alpha value is -1.69. The minimum Gasteiger partial charge on any atom is -0.393 e. The molecule has 2 aromatic heterocycles. The molecule has 3 rings (SSSR count). The number of rotatable bonds is 4. The number of aryl methyl sites for hydroxylation is 3. The normalized spacial score (nSPS) is 22.2. The Kier molecular flexibility index (Phi) is 4.29.